The van der Waals surface area contributed by atoms with Crippen LogP contribution in [-0.4, -0.2) is 55.5 Å². The van der Waals surface area contributed by atoms with Crippen LogP contribution in [0.25, 0.3) is 0 Å². The van der Waals surface area contributed by atoms with Crippen LogP contribution < -0.4 is 5.73 Å². The summed E-state index contributed by atoms with van der Waals surface area (Å²) in [5, 5.41) is 0. The number of hydrogen-bond acceptors (Lipinski definition) is 3. The van der Waals surface area contributed by atoms with E-state index in [0.717, 1.165) is 38.9 Å². The van der Waals surface area contributed by atoms with Crippen LogP contribution in [0.2, 0.25) is 0 Å². The molecule has 3 unspecified atom stereocenters. The van der Waals surface area contributed by atoms with E-state index >= 15 is 0 Å². The summed E-state index contributed by atoms with van der Waals surface area (Å²) in [7, 11) is 4.16. The number of hydrogen-bond donors (Lipinski definition) is 1. The maximum absolute atomic E-state index is 12.7. The predicted molar refractivity (Wildman–Crippen MR) is 82.3 cm³/mol. The van der Waals surface area contributed by atoms with Gasteiger partial charge in [0.25, 0.3) is 0 Å². The molecule has 1 amide bonds. The Labute approximate surface area is 123 Å². The molecule has 116 valence electrons. The van der Waals surface area contributed by atoms with Gasteiger partial charge in [0.1, 0.15) is 0 Å². The highest BCUT2D eigenvalue weighted by Crippen LogP contribution is 2.30. The number of carbonyl (C=O) groups excluding carboxylic acids is 1. The number of likely N-dealkylation sites (tertiary alicyclic amines) is 1. The Morgan fingerprint density at radius 2 is 1.90 bits per heavy atom. The van der Waals surface area contributed by atoms with E-state index in [0.29, 0.717) is 17.7 Å². The van der Waals surface area contributed by atoms with Gasteiger partial charge in [0.05, 0.1) is 0 Å². The molecule has 0 aromatic heterocycles. The van der Waals surface area contributed by atoms with Crippen LogP contribution in [0.5, 0.6) is 0 Å². The lowest BCUT2D eigenvalue weighted by Gasteiger charge is -2.37. The summed E-state index contributed by atoms with van der Waals surface area (Å²) in [4.78, 5) is 17.0. The molecule has 2 rings (SSSR count). The minimum absolute atomic E-state index is 0.148. The molecule has 0 aromatic rings. The van der Waals surface area contributed by atoms with E-state index in [2.05, 4.69) is 18.9 Å². The maximum atomic E-state index is 12.7. The zero-order valence-corrected chi connectivity index (χ0v) is 13.3. The first kappa shape index (κ1) is 15.8. The van der Waals surface area contributed by atoms with Crippen LogP contribution in [0.4, 0.5) is 0 Å². The fourth-order valence-electron chi connectivity index (χ4n) is 3.75. The van der Waals surface area contributed by atoms with Gasteiger partial charge in [-0.3, -0.25) is 4.79 Å². The van der Waals surface area contributed by atoms with Gasteiger partial charge in [-0.15, -0.1) is 0 Å². The van der Waals surface area contributed by atoms with Crippen molar-refractivity contribution in [2.45, 2.75) is 45.1 Å². The minimum atomic E-state index is 0.148. The van der Waals surface area contributed by atoms with Gasteiger partial charge in [-0.1, -0.05) is 13.3 Å². The van der Waals surface area contributed by atoms with Gasteiger partial charge < -0.3 is 15.5 Å². The summed E-state index contributed by atoms with van der Waals surface area (Å²) in [5.74, 6) is 1.48. The first-order valence-electron chi connectivity index (χ1n) is 8.18. The van der Waals surface area contributed by atoms with Crippen molar-refractivity contribution in [3.8, 4) is 0 Å². The fourth-order valence-corrected chi connectivity index (χ4v) is 3.75. The average Bonchev–Trinajstić information content (AvgIpc) is 2.43. The largest absolute Gasteiger partial charge is 0.345 e. The second-order valence-corrected chi connectivity index (χ2v) is 7.03. The molecule has 4 nitrogen and oxygen atoms in total. The predicted octanol–water partition coefficient (Wildman–Crippen LogP) is 1.55. The zero-order valence-electron chi connectivity index (χ0n) is 13.3. The van der Waals surface area contributed by atoms with Crippen molar-refractivity contribution < 1.29 is 4.79 Å². The zero-order chi connectivity index (χ0) is 14.7. The number of amides is 1. The van der Waals surface area contributed by atoms with Crippen LogP contribution in [0.15, 0.2) is 0 Å². The first-order chi connectivity index (χ1) is 9.49. The van der Waals surface area contributed by atoms with Gasteiger partial charge >= 0.3 is 0 Å². The second kappa shape index (κ2) is 6.90. The number of nitrogens with zero attached hydrogens (tertiary/aromatic N) is 2. The topological polar surface area (TPSA) is 49.6 Å². The van der Waals surface area contributed by atoms with Gasteiger partial charge in [0.15, 0.2) is 0 Å². The van der Waals surface area contributed by atoms with Crippen molar-refractivity contribution in [1.82, 2.24) is 9.80 Å². The van der Waals surface area contributed by atoms with Crippen molar-refractivity contribution in [1.29, 1.82) is 0 Å². The first-order valence-corrected chi connectivity index (χ1v) is 8.18. The second-order valence-electron chi connectivity index (χ2n) is 7.03. The lowest BCUT2D eigenvalue weighted by molar-refractivity contribution is -0.138. The van der Waals surface area contributed by atoms with Crippen LogP contribution in [0.1, 0.15) is 39.0 Å². The molecular formula is C16H31N3O. The third kappa shape index (κ3) is 3.73. The SMILES string of the molecule is CC1C(N)CCCC1C(=O)N(C)CC1CCN(C)CC1. The maximum Gasteiger partial charge on any atom is 0.225 e. The van der Waals surface area contributed by atoms with E-state index in [4.69, 9.17) is 5.73 Å². The molecule has 2 fully saturated rings. The molecule has 2 N–H and O–H groups in total. The monoisotopic (exact) mass is 281 g/mol. The van der Waals surface area contributed by atoms with Crippen molar-refractivity contribution >= 4 is 5.91 Å². The summed E-state index contributed by atoms with van der Waals surface area (Å²) >= 11 is 0. The summed E-state index contributed by atoms with van der Waals surface area (Å²) in [6, 6.07) is 0.203. The molecular weight excluding hydrogens is 250 g/mol. The lowest BCUT2D eigenvalue weighted by atomic mass is 9.76. The van der Waals surface area contributed by atoms with Gasteiger partial charge in [-0.25, -0.2) is 0 Å². The van der Waals surface area contributed by atoms with Crippen LogP contribution >= 0.6 is 0 Å². The number of carbonyl (C=O) groups is 1. The Kier molecular flexibility index (Phi) is 5.44. The average molecular weight is 281 g/mol. The molecule has 4 heteroatoms. The van der Waals surface area contributed by atoms with Crippen molar-refractivity contribution in [2.24, 2.45) is 23.5 Å². The van der Waals surface area contributed by atoms with Crippen molar-refractivity contribution in [3.05, 3.63) is 0 Å². The van der Waals surface area contributed by atoms with E-state index in [9.17, 15) is 4.79 Å². The summed E-state index contributed by atoms with van der Waals surface area (Å²) in [6.45, 7) is 5.40. The number of nitrogens with two attached hydrogens (primary N) is 1. The van der Waals surface area contributed by atoms with E-state index in [-0.39, 0.29) is 12.0 Å². The molecule has 1 aliphatic carbocycles. The van der Waals surface area contributed by atoms with Crippen molar-refractivity contribution in [3.63, 3.8) is 0 Å². The molecule has 1 saturated heterocycles. The highest BCUT2D eigenvalue weighted by molar-refractivity contribution is 5.79. The fraction of sp³-hybridized carbons (Fsp3) is 0.938. The Bertz CT molecular complexity index is 326. The smallest absolute Gasteiger partial charge is 0.225 e. The quantitative estimate of drug-likeness (QED) is 0.854. The molecule has 1 heterocycles. The Morgan fingerprint density at radius 3 is 2.55 bits per heavy atom. The number of rotatable bonds is 3. The molecule has 2 aliphatic rings. The van der Waals surface area contributed by atoms with Crippen LogP contribution in [0.3, 0.4) is 0 Å². The number of piperidine rings is 1. The van der Waals surface area contributed by atoms with Gasteiger partial charge in [0, 0.05) is 25.6 Å². The van der Waals surface area contributed by atoms with Crippen molar-refractivity contribution in [2.75, 3.05) is 33.7 Å². The van der Waals surface area contributed by atoms with Gasteiger partial charge in [0.2, 0.25) is 5.91 Å². The third-order valence-corrected chi connectivity index (χ3v) is 5.43. The highest BCUT2D eigenvalue weighted by atomic mass is 16.2. The highest BCUT2D eigenvalue weighted by Gasteiger charge is 2.34. The molecule has 3 atom stereocenters. The Morgan fingerprint density at radius 1 is 1.25 bits per heavy atom. The van der Waals surface area contributed by atoms with Crippen LogP contribution in [-0.2, 0) is 4.79 Å². The third-order valence-electron chi connectivity index (χ3n) is 5.43. The Hall–Kier alpha value is -0.610. The molecule has 0 aromatic carbocycles. The Balaban J connectivity index is 1.85. The van der Waals surface area contributed by atoms with Crippen LogP contribution in [0, 0.1) is 17.8 Å². The summed E-state index contributed by atoms with van der Waals surface area (Å²) < 4.78 is 0. The standard InChI is InChI=1S/C16H31N3O/c1-12-14(5-4-6-15(12)17)16(20)19(3)11-13-7-9-18(2)10-8-13/h12-15H,4-11,17H2,1-3H3. The van der Waals surface area contributed by atoms with E-state index < -0.39 is 0 Å². The lowest BCUT2D eigenvalue weighted by Crippen LogP contribution is -2.46. The normalized spacial score (nSPS) is 33.1. The van der Waals surface area contributed by atoms with E-state index in [1.165, 1.54) is 12.8 Å². The molecule has 0 bridgehead atoms. The molecule has 1 saturated carbocycles. The van der Waals surface area contributed by atoms with E-state index in [1.807, 2.05) is 11.9 Å². The molecule has 20 heavy (non-hydrogen) atoms. The van der Waals surface area contributed by atoms with Gasteiger partial charge in [-0.2, -0.15) is 0 Å². The van der Waals surface area contributed by atoms with E-state index in [1.54, 1.807) is 0 Å². The summed E-state index contributed by atoms with van der Waals surface area (Å²) in [6.07, 6.45) is 5.63. The summed E-state index contributed by atoms with van der Waals surface area (Å²) in [5.41, 5.74) is 6.13. The minimum Gasteiger partial charge on any atom is -0.345 e. The molecule has 0 spiro atoms. The van der Waals surface area contributed by atoms with Gasteiger partial charge in [-0.05, 0) is 57.7 Å². The molecule has 0 radical (unpaired) electrons. The molecule has 1 aliphatic heterocycles.